The Morgan fingerprint density at radius 2 is 1.96 bits per heavy atom. The van der Waals surface area contributed by atoms with Crippen LogP contribution in [0.3, 0.4) is 0 Å². The molecule has 3 aromatic heterocycles. The summed E-state index contributed by atoms with van der Waals surface area (Å²) in [6.45, 7) is 2.22. The van der Waals surface area contributed by atoms with Crippen molar-refractivity contribution in [1.29, 1.82) is 0 Å². The van der Waals surface area contributed by atoms with Crippen LogP contribution in [0.2, 0.25) is 0 Å². The number of aromatic nitrogens is 4. The van der Waals surface area contributed by atoms with Gasteiger partial charge in [-0.2, -0.15) is 0 Å². The van der Waals surface area contributed by atoms with Crippen molar-refractivity contribution in [2.24, 2.45) is 0 Å². The number of rotatable bonds is 4. The summed E-state index contributed by atoms with van der Waals surface area (Å²) >= 11 is 0. The molecule has 1 aliphatic rings. The van der Waals surface area contributed by atoms with Gasteiger partial charge in [0.2, 0.25) is 0 Å². The zero-order valence-electron chi connectivity index (χ0n) is 13.9. The minimum absolute atomic E-state index is 0.138. The Bertz CT molecular complexity index is 884. The fourth-order valence-electron chi connectivity index (χ4n) is 3.20. The Morgan fingerprint density at radius 1 is 1.08 bits per heavy atom. The first-order valence-electron chi connectivity index (χ1n) is 8.60. The topological polar surface area (TPSA) is 75.4 Å². The highest BCUT2D eigenvalue weighted by Gasteiger charge is 2.19. The largest absolute Gasteiger partial charge is 0.356 e. The third-order valence-corrected chi connectivity index (χ3v) is 4.48. The molecular weight excluding hydrogens is 316 g/mol. The van der Waals surface area contributed by atoms with E-state index in [1.807, 2.05) is 34.9 Å². The quantitative estimate of drug-likeness (QED) is 0.789. The second-order valence-corrected chi connectivity index (χ2v) is 6.15. The van der Waals surface area contributed by atoms with Crippen LogP contribution in [0.1, 0.15) is 35.4 Å². The second kappa shape index (κ2) is 6.88. The van der Waals surface area contributed by atoms with E-state index in [-0.39, 0.29) is 5.91 Å². The van der Waals surface area contributed by atoms with Gasteiger partial charge in [-0.3, -0.25) is 9.20 Å². The molecule has 0 spiro atoms. The van der Waals surface area contributed by atoms with E-state index in [9.17, 15) is 4.79 Å². The molecular formula is C18H20N6O. The van der Waals surface area contributed by atoms with Crippen molar-refractivity contribution in [2.45, 2.75) is 25.8 Å². The molecule has 7 nitrogen and oxygen atoms in total. The number of carbonyl (C=O) groups excluding carboxylic acids is 1. The Kier molecular flexibility index (Phi) is 4.28. The summed E-state index contributed by atoms with van der Waals surface area (Å²) in [5.74, 6) is 1.33. The minimum Gasteiger partial charge on any atom is -0.356 e. The summed E-state index contributed by atoms with van der Waals surface area (Å²) < 4.78 is 1.87. The summed E-state index contributed by atoms with van der Waals surface area (Å²) in [6, 6.07) is 9.33. The average Bonchev–Trinajstić information content (AvgIpc) is 3.10. The zero-order valence-corrected chi connectivity index (χ0v) is 13.9. The average molecular weight is 336 g/mol. The van der Waals surface area contributed by atoms with Gasteiger partial charge in [0.15, 0.2) is 11.5 Å². The highest BCUT2D eigenvalue weighted by Crippen LogP contribution is 2.21. The molecule has 0 bridgehead atoms. The highest BCUT2D eigenvalue weighted by molar-refractivity contribution is 5.98. The molecule has 1 aliphatic heterocycles. The van der Waals surface area contributed by atoms with Crippen LogP contribution in [0, 0.1) is 0 Å². The van der Waals surface area contributed by atoms with Crippen molar-refractivity contribution in [2.75, 3.05) is 18.0 Å². The van der Waals surface area contributed by atoms with Gasteiger partial charge in [-0.05, 0) is 43.5 Å². The molecule has 25 heavy (non-hydrogen) atoms. The molecule has 0 unspecified atom stereocenters. The molecule has 128 valence electrons. The molecule has 1 saturated heterocycles. The van der Waals surface area contributed by atoms with E-state index in [2.05, 4.69) is 25.4 Å². The lowest BCUT2D eigenvalue weighted by molar-refractivity contribution is 0.0950. The van der Waals surface area contributed by atoms with Gasteiger partial charge in [-0.25, -0.2) is 4.98 Å². The number of nitrogens with zero attached hydrogens (tertiary/aromatic N) is 5. The summed E-state index contributed by atoms with van der Waals surface area (Å²) in [7, 11) is 0. The van der Waals surface area contributed by atoms with Crippen LogP contribution in [-0.4, -0.2) is 38.6 Å². The number of fused-ring (bicyclic) bond motifs is 1. The molecule has 0 saturated carbocycles. The van der Waals surface area contributed by atoms with Gasteiger partial charge in [0, 0.05) is 25.5 Å². The molecule has 0 radical (unpaired) electrons. The number of nitrogens with one attached hydrogen (secondary N) is 1. The van der Waals surface area contributed by atoms with E-state index in [0.29, 0.717) is 17.9 Å². The molecule has 3 aromatic rings. The number of pyridine rings is 2. The SMILES string of the molecule is O=C(NCc1nnc2ccccn12)c1cccnc1N1CCCCC1. The Labute approximate surface area is 145 Å². The van der Waals surface area contributed by atoms with Crippen molar-refractivity contribution in [3.63, 3.8) is 0 Å². The van der Waals surface area contributed by atoms with Crippen LogP contribution in [0.5, 0.6) is 0 Å². The summed E-state index contributed by atoms with van der Waals surface area (Å²) in [6.07, 6.45) is 7.16. The predicted octanol–water partition coefficient (Wildman–Crippen LogP) is 2.04. The lowest BCUT2D eigenvalue weighted by Gasteiger charge is -2.29. The minimum atomic E-state index is -0.138. The van der Waals surface area contributed by atoms with Gasteiger partial charge >= 0.3 is 0 Å². The van der Waals surface area contributed by atoms with Crippen molar-refractivity contribution in [3.05, 3.63) is 54.1 Å². The normalized spacial score (nSPS) is 14.6. The number of piperidine rings is 1. The lowest BCUT2D eigenvalue weighted by atomic mass is 10.1. The second-order valence-electron chi connectivity index (χ2n) is 6.15. The van der Waals surface area contributed by atoms with E-state index in [1.54, 1.807) is 12.3 Å². The third-order valence-electron chi connectivity index (χ3n) is 4.48. The molecule has 1 amide bonds. The van der Waals surface area contributed by atoms with Crippen molar-refractivity contribution in [1.82, 2.24) is 24.9 Å². The van der Waals surface area contributed by atoms with E-state index in [4.69, 9.17) is 0 Å². The summed E-state index contributed by atoms with van der Waals surface area (Å²) in [4.78, 5) is 19.4. The first-order chi connectivity index (χ1) is 12.3. The Balaban J connectivity index is 1.51. The predicted molar refractivity (Wildman–Crippen MR) is 94.5 cm³/mol. The highest BCUT2D eigenvalue weighted by atomic mass is 16.1. The molecule has 1 N–H and O–H groups in total. The Hall–Kier alpha value is -2.96. The van der Waals surface area contributed by atoms with E-state index in [1.165, 1.54) is 6.42 Å². The monoisotopic (exact) mass is 336 g/mol. The van der Waals surface area contributed by atoms with Crippen LogP contribution < -0.4 is 10.2 Å². The lowest BCUT2D eigenvalue weighted by Crippen LogP contribution is -2.33. The van der Waals surface area contributed by atoms with Gasteiger partial charge in [-0.1, -0.05) is 6.07 Å². The van der Waals surface area contributed by atoms with Gasteiger partial charge in [0.1, 0.15) is 5.82 Å². The standard InChI is InChI=1S/C18H20N6O/c25-18(20-13-16-22-21-15-8-2-5-12-24(15)16)14-7-6-9-19-17(14)23-10-3-1-4-11-23/h2,5-9,12H,1,3-4,10-11,13H2,(H,20,25). The van der Waals surface area contributed by atoms with Crippen LogP contribution in [0.15, 0.2) is 42.7 Å². The number of carbonyl (C=O) groups is 1. The number of amides is 1. The van der Waals surface area contributed by atoms with Crippen LogP contribution in [0.4, 0.5) is 5.82 Å². The number of hydrogen-bond acceptors (Lipinski definition) is 5. The molecule has 0 aromatic carbocycles. The maximum absolute atomic E-state index is 12.7. The fourth-order valence-corrected chi connectivity index (χ4v) is 3.20. The molecule has 7 heteroatoms. The van der Waals surface area contributed by atoms with Gasteiger partial charge < -0.3 is 10.2 Å². The number of hydrogen-bond donors (Lipinski definition) is 1. The first kappa shape index (κ1) is 15.6. The maximum Gasteiger partial charge on any atom is 0.255 e. The third kappa shape index (κ3) is 3.17. The van der Waals surface area contributed by atoms with Crippen LogP contribution in [0.25, 0.3) is 5.65 Å². The number of anilines is 1. The summed E-state index contributed by atoms with van der Waals surface area (Å²) in [5.41, 5.74) is 1.38. The van der Waals surface area contributed by atoms with E-state index < -0.39 is 0 Å². The Morgan fingerprint density at radius 3 is 2.84 bits per heavy atom. The smallest absolute Gasteiger partial charge is 0.255 e. The molecule has 0 aliphatic carbocycles. The molecule has 4 heterocycles. The van der Waals surface area contributed by atoms with Crippen molar-refractivity contribution in [3.8, 4) is 0 Å². The van der Waals surface area contributed by atoms with Gasteiger partial charge in [0.05, 0.1) is 12.1 Å². The van der Waals surface area contributed by atoms with Crippen molar-refractivity contribution >= 4 is 17.4 Å². The van der Waals surface area contributed by atoms with Crippen LogP contribution in [-0.2, 0) is 6.54 Å². The van der Waals surface area contributed by atoms with E-state index in [0.717, 1.165) is 37.4 Å². The molecule has 0 atom stereocenters. The zero-order chi connectivity index (χ0) is 17.1. The summed E-state index contributed by atoms with van der Waals surface area (Å²) in [5, 5.41) is 11.2. The maximum atomic E-state index is 12.7. The molecule has 4 rings (SSSR count). The van der Waals surface area contributed by atoms with Crippen molar-refractivity contribution < 1.29 is 4.79 Å². The van der Waals surface area contributed by atoms with E-state index >= 15 is 0 Å². The van der Waals surface area contributed by atoms with Crippen LogP contribution >= 0.6 is 0 Å². The van der Waals surface area contributed by atoms with Gasteiger partial charge in [0.25, 0.3) is 5.91 Å². The molecule has 1 fully saturated rings. The fraction of sp³-hybridized carbons (Fsp3) is 0.333. The first-order valence-corrected chi connectivity index (χ1v) is 8.60. The van der Waals surface area contributed by atoms with Gasteiger partial charge in [-0.15, -0.1) is 10.2 Å².